The third-order valence-corrected chi connectivity index (χ3v) is 5.42. The van der Waals surface area contributed by atoms with Gasteiger partial charge < -0.3 is 20.5 Å². The third-order valence-electron chi connectivity index (χ3n) is 5.42. The number of nitrogens with zero attached hydrogens (tertiary/aromatic N) is 2. The lowest BCUT2D eigenvalue weighted by Crippen LogP contribution is -2.45. The van der Waals surface area contributed by atoms with Crippen molar-refractivity contribution in [2.45, 2.75) is 11.8 Å². The number of carbonyl (C=O) groups is 3. The highest BCUT2D eigenvalue weighted by Crippen LogP contribution is 2.44. The zero-order valence-corrected chi connectivity index (χ0v) is 17.9. The van der Waals surface area contributed by atoms with Gasteiger partial charge in [0.1, 0.15) is 12.2 Å². The van der Waals surface area contributed by atoms with Crippen molar-refractivity contribution < 1.29 is 33.0 Å². The van der Waals surface area contributed by atoms with Gasteiger partial charge >= 0.3 is 18.0 Å². The Hall–Kier alpha value is -4.28. The molecule has 176 valence electrons. The minimum Gasteiger partial charge on any atom is -0.477 e. The standard InChI is InChI=1S/C23H20F2N4O5/c1-29-10-17(20(30)31)19(28-29)27-21(32)23(24,25)12-26-22(33)34-11-18-15-8-4-2-6-13(15)14-7-3-5-9-16(14)18/h2-10,18H,11-12H2,1H3,(H,26,33)(H,30,31)(H,27,28,32). The summed E-state index contributed by atoms with van der Waals surface area (Å²) in [6.45, 7) is -1.42. The number of rotatable bonds is 7. The van der Waals surface area contributed by atoms with E-state index in [4.69, 9.17) is 9.84 Å². The van der Waals surface area contributed by atoms with Gasteiger partial charge in [-0.3, -0.25) is 9.48 Å². The second-order valence-electron chi connectivity index (χ2n) is 7.71. The van der Waals surface area contributed by atoms with Crippen molar-refractivity contribution in [2.24, 2.45) is 7.05 Å². The van der Waals surface area contributed by atoms with Gasteiger partial charge in [-0.2, -0.15) is 13.9 Å². The first kappa shape index (κ1) is 22.9. The number of aryl methyl sites for hydroxylation is 1. The van der Waals surface area contributed by atoms with Crippen molar-refractivity contribution in [1.29, 1.82) is 0 Å². The van der Waals surface area contributed by atoms with E-state index in [2.05, 4.69) is 5.10 Å². The molecule has 0 atom stereocenters. The highest BCUT2D eigenvalue weighted by molar-refractivity contribution is 6.01. The molecule has 1 aromatic heterocycles. The first-order valence-electron chi connectivity index (χ1n) is 10.2. The number of benzene rings is 2. The van der Waals surface area contributed by atoms with Crippen molar-refractivity contribution in [2.75, 3.05) is 18.5 Å². The third kappa shape index (κ3) is 4.45. The van der Waals surface area contributed by atoms with Gasteiger partial charge in [0.25, 0.3) is 5.91 Å². The molecule has 0 bridgehead atoms. The smallest absolute Gasteiger partial charge is 0.407 e. The first-order valence-corrected chi connectivity index (χ1v) is 10.2. The molecule has 34 heavy (non-hydrogen) atoms. The van der Waals surface area contributed by atoms with Crippen LogP contribution < -0.4 is 10.6 Å². The fourth-order valence-electron chi connectivity index (χ4n) is 3.85. The minimum atomic E-state index is -4.04. The Kier molecular flexibility index (Phi) is 6.01. The number of carboxylic acids is 1. The van der Waals surface area contributed by atoms with Gasteiger partial charge in [0.2, 0.25) is 0 Å². The summed E-state index contributed by atoms with van der Waals surface area (Å²) >= 11 is 0. The first-order chi connectivity index (χ1) is 16.2. The molecule has 0 saturated carbocycles. The van der Waals surface area contributed by atoms with Crippen LogP contribution in [0.4, 0.5) is 19.4 Å². The van der Waals surface area contributed by atoms with E-state index >= 15 is 0 Å². The number of aromatic nitrogens is 2. The molecule has 1 aliphatic rings. The topological polar surface area (TPSA) is 123 Å². The van der Waals surface area contributed by atoms with E-state index < -0.39 is 41.8 Å². The Labute approximate surface area is 192 Å². The van der Waals surface area contributed by atoms with E-state index in [9.17, 15) is 23.2 Å². The SMILES string of the molecule is Cn1cc(C(=O)O)c(NC(=O)C(F)(F)CNC(=O)OCC2c3ccccc3-c3ccccc32)n1. The van der Waals surface area contributed by atoms with E-state index in [0.717, 1.165) is 33.1 Å². The summed E-state index contributed by atoms with van der Waals surface area (Å²) in [5.74, 6) is -8.07. The van der Waals surface area contributed by atoms with Crippen LogP contribution in [0.1, 0.15) is 27.4 Å². The van der Waals surface area contributed by atoms with Crippen LogP contribution in [0.5, 0.6) is 0 Å². The summed E-state index contributed by atoms with van der Waals surface area (Å²) in [4.78, 5) is 35.2. The molecule has 0 aliphatic heterocycles. The van der Waals surface area contributed by atoms with Crippen LogP contribution in [-0.2, 0) is 16.6 Å². The molecule has 0 saturated heterocycles. The van der Waals surface area contributed by atoms with Crippen LogP contribution >= 0.6 is 0 Å². The molecule has 2 aromatic carbocycles. The normalized spacial score (nSPS) is 12.6. The number of halogens is 2. The summed E-state index contributed by atoms with van der Waals surface area (Å²) < 4.78 is 34.8. The Morgan fingerprint density at radius 1 is 1.09 bits per heavy atom. The van der Waals surface area contributed by atoms with Gasteiger partial charge in [-0.1, -0.05) is 48.5 Å². The molecule has 4 rings (SSSR count). The predicted molar refractivity (Wildman–Crippen MR) is 117 cm³/mol. The average Bonchev–Trinajstić information content (AvgIpc) is 3.34. The van der Waals surface area contributed by atoms with Gasteiger partial charge in [0.05, 0.1) is 6.54 Å². The Morgan fingerprint density at radius 2 is 1.68 bits per heavy atom. The molecule has 2 amide bonds. The number of alkyl halides is 2. The number of alkyl carbamates (subject to hydrolysis) is 1. The van der Waals surface area contributed by atoms with E-state index in [0.29, 0.717) is 0 Å². The maximum absolute atomic E-state index is 14.3. The molecule has 1 heterocycles. The zero-order valence-electron chi connectivity index (χ0n) is 17.9. The number of carbonyl (C=O) groups excluding carboxylic acids is 2. The number of hydrogen-bond acceptors (Lipinski definition) is 5. The van der Waals surface area contributed by atoms with Crippen LogP contribution in [0.3, 0.4) is 0 Å². The molecule has 9 nitrogen and oxygen atoms in total. The number of nitrogens with one attached hydrogen (secondary N) is 2. The Balaban J connectivity index is 1.35. The lowest BCUT2D eigenvalue weighted by molar-refractivity contribution is -0.138. The molecular weight excluding hydrogens is 450 g/mol. The highest BCUT2D eigenvalue weighted by atomic mass is 19.3. The number of ether oxygens (including phenoxy) is 1. The molecule has 0 unspecified atom stereocenters. The maximum Gasteiger partial charge on any atom is 0.407 e. The largest absolute Gasteiger partial charge is 0.477 e. The monoisotopic (exact) mass is 470 g/mol. The van der Waals surface area contributed by atoms with Gasteiger partial charge in [-0.05, 0) is 22.3 Å². The van der Waals surface area contributed by atoms with Crippen LogP contribution in [0.2, 0.25) is 0 Å². The van der Waals surface area contributed by atoms with E-state index in [-0.39, 0.29) is 12.5 Å². The second-order valence-corrected chi connectivity index (χ2v) is 7.71. The number of carboxylic acid groups (broad SMARTS) is 1. The molecule has 11 heteroatoms. The van der Waals surface area contributed by atoms with Crippen molar-refractivity contribution in [1.82, 2.24) is 15.1 Å². The fraction of sp³-hybridized carbons (Fsp3) is 0.217. The summed E-state index contributed by atoms with van der Waals surface area (Å²) in [6, 6.07) is 15.3. The highest BCUT2D eigenvalue weighted by Gasteiger charge is 2.40. The Morgan fingerprint density at radius 3 is 2.26 bits per heavy atom. The van der Waals surface area contributed by atoms with Crippen molar-refractivity contribution in [3.8, 4) is 11.1 Å². The summed E-state index contributed by atoms with van der Waals surface area (Å²) in [7, 11) is 1.37. The van der Waals surface area contributed by atoms with Gasteiger partial charge in [-0.25, -0.2) is 9.59 Å². The van der Waals surface area contributed by atoms with Crippen LogP contribution in [-0.4, -0.2) is 51.9 Å². The number of anilines is 1. The molecule has 3 N–H and O–H groups in total. The second kappa shape index (κ2) is 8.93. The molecule has 0 spiro atoms. The maximum atomic E-state index is 14.3. The predicted octanol–water partition coefficient (Wildman–Crippen LogP) is 3.23. The number of amides is 2. The van der Waals surface area contributed by atoms with Crippen molar-refractivity contribution >= 4 is 23.8 Å². The number of fused-ring (bicyclic) bond motifs is 3. The molecular formula is C23H20F2N4O5. The fourth-order valence-corrected chi connectivity index (χ4v) is 3.85. The van der Waals surface area contributed by atoms with E-state index in [1.54, 1.807) is 5.32 Å². The van der Waals surface area contributed by atoms with Crippen LogP contribution in [0, 0.1) is 0 Å². The van der Waals surface area contributed by atoms with E-state index in [1.165, 1.54) is 7.05 Å². The molecule has 3 aromatic rings. The molecule has 1 aliphatic carbocycles. The summed E-state index contributed by atoms with van der Waals surface area (Å²) in [5, 5.41) is 16.4. The van der Waals surface area contributed by atoms with Crippen LogP contribution in [0.15, 0.2) is 54.7 Å². The van der Waals surface area contributed by atoms with Crippen molar-refractivity contribution in [3.05, 3.63) is 71.4 Å². The summed E-state index contributed by atoms with van der Waals surface area (Å²) in [5.41, 5.74) is 3.52. The minimum absolute atomic E-state index is 0.0759. The lowest BCUT2D eigenvalue weighted by atomic mass is 9.98. The van der Waals surface area contributed by atoms with Gasteiger partial charge in [0, 0.05) is 19.2 Å². The molecule has 0 radical (unpaired) electrons. The number of aromatic carboxylic acids is 1. The summed E-state index contributed by atoms with van der Waals surface area (Å²) in [6.07, 6.45) is -0.0521. The van der Waals surface area contributed by atoms with Gasteiger partial charge in [0.15, 0.2) is 5.82 Å². The van der Waals surface area contributed by atoms with Gasteiger partial charge in [-0.15, -0.1) is 0 Å². The quantitative estimate of drug-likeness (QED) is 0.487. The van der Waals surface area contributed by atoms with Crippen molar-refractivity contribution in [3.63, 3.8) is 0 Å². The van der Waals surface area contributed by atoms with Crippen LogP contribution in [0.25, 0.3) is 11.1 Å². The lowest BCUT2D eigenvalue weighted by Gasteiger charge is -2.17. The van der Waals surface area contributed by atoms with E-state index in [1.807, 2.05) is 53.8 Å². The Bertz CT molecular complexity index is 1230. The zero-order chi connectivity index (χ0) is 24.5. The number of hydrogen-bond donors (Lipinski definition) is 3. The average molecular weight is 470 g/mol. The molecule has 0 fully saturated rings.